The summed E-state index contributed by atoms with van der Waals surface area (Å²) in [6.45, 7) is 6.04. The zero-order chi connectivity index (χ0) is 15.8. The van der Waals surface area contributed by atoms with Crippen LogP contribution in [0.4, 0.5) is 21.0 Å². The maximum Gasteiger partial charge on any atom is 0.413 e. The Kier molecular flexibility index (Phi) is 6.52. The fourth-order valence-corrected chi connectivity index (χ4v) is 1.59. The molecule has 0 aromatic heterocycles. The monoisotopic (exact) mass is 293 g/mol. The van der Waals surface area contributed by atoms with Crippen molar-refractivity contribution in [1.82, 2.24) is 5.32 Å². The Hall–Kier alpha value is -2.24. The van der Waals surface area contributed by atoms with Gasteiger partial charge in [-0.25, -0.2) is 9.59 Å². The molecule has 116 valence electrons. The minimum absolute atomic E-state index is 0.124. The number of anilines is 2. The number of nitrogens with zero attached hydrogens (tertiary/aromatic N) is 1. The Bertz CT molecular complexity index is 474. The Morgan fingerprint density at radius 1 is 1.24 bits per heavy atom. The summed E-state index contributed by atoms with van der Waals surface area (Å²) in [6, 6.07) is 6.85. The topological polar surface area (TPSA) is 70.7 Å². The SMILES string of the molecule is CCOC(=O)N(C)c1ccc(NC(=O)NC(C)CC)cc1. The molecule has 21 heavy (non-hydrogen) atoms. The number of urea groups is 1. The lowest BCUT2D eigenvalue weighted by Gasteiger charge is -2.17. The summed E-state index contributed by atoms with van der Waals surface area (Å²) < 4.78 is 4.92. The molecular formula is C15H23N3O3. The van der Waals surface area contributed by atoms with Gasteiger partial charge in [0, 0.05) is 24.5 Å². The van der Waals surface area contributed by atoms with Crippen LogP contribution in [-0.2, 0) is 4.74 Å². The summed E-state index contributed by atoms with van der Waals surface area (Å²) >= 11 is 0. The maximum atomic E-state index is 11.7. The molecule has 0 heterocycles. The molecule has 0 aliphatic carbocycles. The summed E-state index contributed by atoms with van der Waals surface area (Å²) in [7, 11) is 1.63. The molecular weight excluding hydrogens is 270 g/mol. The molecule has 3 amide bonds. The zero-order valence-corrected chi connectivity index (χ0v) is 13.0. The van der Waals surface area contributed by atoms with E-state index in [9.17, 15) is 9.59 Å². The van der Waals surface area contributed by atoms with Crippen molar-refractivity contribution in [3.63, 3.8) is 0 Å². The first-order valence-corrected chi connectivity index (χ1v) is 7.06. The minimum Gasteiger partial charge on any atom is -0.449 e. The number of amides is 3. The number of carbonyl (C=O) groups excluding carboxylic acids is 2. The number of rotatable bonds is 5. The van der Waals surface area contributed by atoms with Gasteiger partial charge >= 0.3 is 12.1 Å². The van der Waals surface area contributed by atoms with E-state index >= 15 is 0 Å². The third-order valence-corrected chi connectivity index (χ3v) is 3.04. The fourth-order valence-electron chi connectivity index (χ4n) is 1.59. The van der Waals surface area contributed by atoms with Crippen molar-refractivity contribution in [1.29, 1.82) is 0 Å². The lowest BCUT2D eigenvalue weighted by atomic mass is 10.2. The van der Waals surface area contributed by atoms with Gasteiger partial charge in [0.2, 0.25) is 0 Å². The highest BCUT2D eigenvalue weighted by Gasteiger charge is 2.11. The van der Waals surface area contributed by atoms with Crippen molar-refractivity contribution in [2.45, 2.75) is 33.2 Å². The molecule has 1 rings (SSSR count). The van der Waals surface area contributed by atoms with Crippen molar-refractivity contribution in [2.24, 2.45) is 0 Å². The number of nitrogens with one attached hydrogen (secondary N) is 2. The van der Waals surface area contributed by atoms with Crippen molar-refractivity contribution in [3.8, 4) is 0 Å². The van der Waals surface area contributed by atoms with Gasteiger partial charge in [-0.15, -0.1) is 0 Å². The highest BCUT2D eigenvalue weighted by atomic mass is 16.6. The van der Waals surface area contributed by atoms with Gasteiger partial charge in [-0.1, -0.05) is 6.92 Å². The first kappa shape index (κ1) is 16.8. The predicted octanol–water partition coefficient (Wildman–Crippen LogP) is 3.20. The van der Waals surface area contributed by atoms with Crippen LogP contribution in [0.2, 0.25) is 0 Å². The first-order valence-electron chi connectivity index (χ1n) is 7.06. The summed E-state index contributed by atoms with van der Waals surface area (Å²) in [5.41, 5.74) is 1.36. The summed E-state index contributed by atoms with van der Waals surface area (Å²) in [5, 5.41) is 5.56. The van der Waals surface area contributed by atoms with E-state index in [2.05, 4.69) is 10.6 Å². The average Bonchev–Trinajstić information content (AvgIpc) is 2.47. The Morgan fingerprint density at radius 2 is 1.86 bits per heavy atom. The van der Waals surface area contributed by atoms with Crippen molar-refractivity contribution < 1.29 is 14.3 Å². The normalized spacial score (nSPS) is 11.4. The average molecular weight is 293 g/mol. The van der Waals surface area contributed by atoms with Gasteiger partial charge in [0.05, 0.1) is 6.61 Å². The van der Waals surface area contributed by atoms with Gasteiger partial charge in [0.15, 0.2) is 0 Å². The van der Waals surface area contributed by atoms with E-state index in [-0.39, 0.29) is 12.1 Å². The molecule has 1 aromatic carbocycles. The smallest absolute Gasteiger partial charge is 0.413 e. The number of benzene rings is 1. The molecule has 6 nitrogen and oxygen atoms in total. The largest absolute Gasteiger partial charge is 0.449 e. The first-order chi connectivity index (χ1) is 9.97. The van der Waals surface area contributed by atoms with Crippen LogP contribution in [-0.4, -0.2) is 31.8 Å². The molecule has 0 bridgehead atoms. The number of carbonyl (C=O) groups is 2. The minimum atomic E-state index is -0.410. The van der Waals surface area contributed by atoms with Crippen LogP contribution < -0.4 is 15.5 Å². The summed E-state index contributed by atoms with van der Waals surface area (Å²) in [5.74, 6) is 0. The quantitative estimate of drug-likeness (QED) is 0.875. The Balaban J connectivity index is 2.61. The van der Waals surface area contributed by atoms with Crippen LogP contribution in [0.15, 0.2) is 24.3 Å². The third kappa shape index (κ3) is 5.33. The molecule has 0 spiro atoms. The van der Waals surface area contributed by atoms with E-state index < -0.39 is 6.09 Å². The van der Waals surface area contributed by atoms with Gasteiger partial charge in [-0.2, -0.15) is 0 Å². The number of ether oxygens (including phenoxy) is 1. The van der Waals surface area contributed by atoms with Gasteiger partial charge < -0.3 is 15.4 Å². The molecule has 0 fully saturated rings. The van der Waals surface area contributed by atoms with Gasteiger partial charge in [0.25, 0.3) is 0 Å². The predicted molar refractivity (Wildman–Crippen MR) is 83.8 cm³/mol. The standard InChI is InChI=1S/C15H23N3O3/c1-5-11(3)16-14(19)17-12-7-9-13(10-8-12)18(4)15(20)21-6-2/h7-11H,5-6H2,1-4H3,(H2,16,17,19). The lowest BCUT2D eigenvalue weighted by Crippen LogP contribution is -2.35. The summed E-state index contributed by atoms with van der Waals surface area (Å²) in [4.78, 5) is 24.7. The number of hydrogen-bond donors (Lipinski definition) is 2. The Labute approximate surface area is 125 Å². The van der Waals surface area contributed by atoms with Crippen LogP contribution in [0, 0.1) is 0 Å². The van der Waals surface area contributed by atoms with E-state index in [1.165, 1.54) is 4.90 Å². The summed E-state index contributed by atoms with van der Waals surface area (Å²) in [6.07, 6.45) is 0.462. The van der Waals surface area contributed by atoms with Gasteiger partial charge in [-0.05, 0) is 44.5 Å². The number of hydrogen-bond acceptors (Lipinski definition) is 3. The van der Waals surface area contributed by atoms with E-state index in [0.717, 1.165) is 6.42 Å². The highest BCUT2D eigenvalue weighted by Crippen LogP contribution is 2.17. The van der Waals surface area contributed by atoms with E-state index in [4.69, 9.17) is 4.74 Å². The molecule has 0 saturated heterocycles. The van der Waals surface area contributed by atoms with E-state index in [0.29, 0.717) is 18.0 Å². The van der Waals surface area contributed by atoms with Gasteiger partial charge in [-0.3, -0.25) is 4.90 Å². The Morgan fingerprint density at radius 3 is 2.38 bits per heavy atom. The second-order valence-electron chi connectivity index (χ2n) is 4.71. The van der Waals surface area contributed by atoms with Crippen LogP contribution in [0.1, 0.15) is 27.2 Å². The van der Waals surface area contributed by atoms with E-state index in [1.807, 2.05) is 13.8 Å². The van der Waals surface area contributed by atoms with Gasteiger partial charge in [0.1, 0.15) is 0 Å². The fraction of sp³-hybridized carbons (Fsp3) is 0.467. The van der Waals surface area contributed by atoms with Crippen LogP contribution in [0.5, 0.6) is 0 Å². The molecule has 6 heteroatoms. The molecule has 0 saturated carbocycles. The molecule has 1 atom stereocenters. The van der Waals surface area contributed by atoms with Crippen molar-refractivity contribution >= 4 is 23.5 Å². The molecule has 1 unspecified atom stereocenters. The van der Waals surface area contributed by atoms with Crippen LogP contribution in [0.25, 0.3) is 0 Å². The highest BCUT2D eigenvalue weighted by molar-refractivity contribution is 5.91. The molecule has 2 N–H and O–H groups in total. The third-order valence-electron chi connectivity index (χ3n) is 3.04. The van der Waals surface area contributed by atoms with Crippen LogP contribution >= 0.6 is 0 Å². The van der Waals surface area contributed by atoms with Crippen molar-refractivity contribution in [3.05, 3.63) is 24.3 Å². The molecule has 0 aliphatic rings. The second-order valence-corrected chi connectivity index (χ2v) is 4.71. The van der Waals surface area contributed by atoms with Crippen LogP contribution in [0.3, 0.4) is 0 Å². The molecule has 1 aromatic rings. The maximum absolute atomic E-state index is 11.7. The zero-order valence-electron chi connectivity index (χ0n) is 13.0. The second kappa shape index (κ2) is 8.14. The lowest BCUT2D eigenvalue weighted by molar-refractivity contribution is 0.161. The van der Waals surface area contributed by atoms with E-state index in [1.54, 1.807) is 38.2 Å². The molecule has 0 aliphatic heterocycles. The molecule has 0 radical (unpaired) electrons. The van der Waals surface area contributed by atoms with Crippen molar-refractivity contribution in [2.75, 3.05) is 23.9 Å².